The molecule has 0 aliphatic carbocycles. The Morgan fingerprint density at radius 2 is 1.35 bits per heavy atom. The lowest BCUT2D eigenvalue weighted by molar-refractivity contribution is 0.653. The van der Waals surface area contributed by atoms with Crippen LogP contribution in [0.1, 0.15) is 11.4 Å². The van der Waals surface area contributed by atoms with Gasteiger partial charge in [0, 0.05) is 50.3 Å². The number of rotatable bonds is 5. The summed E-state index contributed by atoms with van der Waals surface area (Å²) in [5.41, 5.74) is 7.26. The molecule has 1 N–H and O–H groups in total. The van der Waals surface area contributed by atoms with Crippen molar-refractivity contribution in [1.29, 1.82) is 0 Å². The molecule has 4 aromatic rings. The number of nitrogens with zero attached hydrogens (tertiary/aromatic N) is 4. The van der Waals surface area contributed by atoms with E-state index in [-0.39, 0.29) is 0 Å². The van der Waals surface area contributed by atoms with E-state index >= 15 is 0 Å². The summed E-state index contributed by atoms with van der Waals surface area (Å²) in [5, 5.41) is 3.52. The van der Waals surface area contributed by atoms with Gasteiger partial charge in [0.25, 0.3) is 0 Å². The third-order valence-corrected chi connectivity index (χ3v) is 6.24. The van der Waals surface area contributed by atoms with Gasteiger partial charge in [-0.15, -0.1) is 0 Å². The molecule has 0 radical (unpaired) electrons. The van der Waals surface area contributed by atoms with Crippen molar-refractivity contribution < 1.29 is 0 Å². The van der Waals surface area contributed by atoms with Crippen LogP contribution in [-0.2, 0) is 13.6 Å². The molecule has 5 nitrogen and oxygen atoms in total. The maximum absolute atomic E-state index is 4.74. The molecule has 2 heterocycles. The van der Waals surface area contributed by atoms with Gasteiger partial charge in [-0.3, -0.25) is 0 Å². The Morgan fingerprint density at radius 1 is 0.774 bits per heavy atom. The van der Waals surface area contributed by atoms with E-state index in [1.807, 2.05) is 6.07 Å². The molecule has 0 atom stereocenters. The molecule has 31 heavy (non-hydrogen) atoms. The number of hydrogen-bond acceptors (Lipinski definition) is 4. The quantitative estimate of drug-likeness (QED) is 0.511. The highest BCUT2D eigenvalue weighted by Crippen LogP contribution is 2.23. The van der Waals surface area contributed by atoms with Crippen LogP contribution in [0.25, 0.3) is 11.0 Å². The lowest BCUT2D eigenvalue weighted by Crippen LogP contribution is -2.46. The summed E-state index contributed by atoms with van der Waals surface area (Å²) < 4.78 is 2.16. The monoisotopic (exact) mass is 411 g/mol. The van der Waals surface area contributed by atoms with Crippen molar-refractivity contribution >= 4 is 28.1 Å². The minimum absolute atomic E-state index is 0.708. The summed E-state index contributed by atoms with van der Waals surface area (Å²) in [6, 6.07) is 25.9. The van der Waals surface area contributed by atoms with Gasteiger partial charge in [-0.1, -0.05) is 29.8 Å². The number of aromatic nitrogens is 2. The summed E-state index contributed by atoms with van der Waals surface area (Å²) in [6.07, 6.45) is 0. The number of hydrogen-bond donors (Lipinski definition) is 1. The second-order valence-electron chi connectivity index (χ2n) is 8.29. The van der Waals surface area contributed by atoms with E-state index in [2.05, 4.69) is 100 Å². The molecule has 1 saturated heterocycles. The molecule has 1 aliphatic rings. The Morgan fingerprint density at radius 3 is 1.97 bits per heavy atom. The lowest BCUT2D eigenvalue weighted by atomic mass is 10.2. The minimum Gasteiger partial charge on any atom is -0.378 e. The lowest BCUT2D eigenvalue weighted by Gasteiger charge is -2.37. The molecular formula is C26H29N5. The number of benzene rings is 3. The van der Waals surface area contributed by atoms with Gasteiger partial charge in [0.15, 0.2) is 0 Å². The highest BCUT2D eigenvalue weighted by molar-refractivity contribution is 5.75. The Labute approximate surface area is 183 Å². The molecule has 0 amide bonds. The topological polar surface area (TPSA) is 36.3 Å². The molecule has 0 saturated carbocycles. The molecule has 0 spiro atoms. The zero-order valence-electron chi connectivity index (χ0n) is 18.3. The van der Waals surface area contributed by atoms with Crippen molar-refractivity contribution in [2.75, 3.05) is 41.3 Å². The maximum Gasteiger partial charge on any atom is 0.128 e. The summed E-state index contributed by atoms with van der Waals surface area (Å²) in [4.78, 5) is 9.69. The molecular weight excluding hydrogens is 382 g/mol. The van der Waals surface area contributed by atoms with Gasteiger partial charge in [0.1, 0.15) is 5.82 Å². The highest BCUT2D eigenvalue weighted by Gasteiger charge is 2.17. The van der Waals surface area contributed by atoms with E-state index in [4.69, 9.17) is 4.98 Å². The Kier molecular flexibility index (Phi) is 5.24. The fourth-order valence-electron chi connectivity index (χ4n) is 4.30. The summed E-state index contributed by atoms with van der Waals surface area (Å²) in [5.74, 6) is 1.04. The van der Waals surface area contributed by atoms with Crippen LogP contribution in [0.2, 0.25) is 0 Å². The number of imidazole rings is 1. The fraction of sp³-hybridized carbons (Fsp3) is 0.269. The minimum atomic E-state index is 0.708. The summed E-state index contributed by atoms with van der Waals surface area (Å²) in [6.45, 7) is 7.03. The van der Waals surface area contributed by atoms with Crippen molar-refractivity contribution in [3.8, 4) is 0 Å². The first-order valence-corrected chi connectivity index (χ1v) is 11.0. The number of aryl methyl sites for hydroxylation is 2. The van der Waals surface area contributed by atoms with Crippen LogP contribution in [0.3, 0.4) is 0 Å². The molecule has 0 bridgehead atoms. The van der Waals surface area contributed by atoms with Gasteiger partial charge in [-0.05, 0) is 55.5 Å². The van der Waals surface area contributed by atoms with E-state index in [9.17, 15) is 0 Å². The molecule has 1 aromatic heterocycles. The van der Waals surface area contributed by atoms with E-state index in [1.54, 1.807) is 0 Å². The summed E-state index contributed by atoms with van der Waals surface area (Å²) in [7, 11) is 2.08. The van der Waals surface area contributed by atoms with Gasteiger partial charge in [0.05, 0.1) is 17.6 Å². The van der Waals surface area contributed by atoms with Gasteiger partial charge in [0.2, 0.25) is 0 Å². The van der Waals surface area contributed by atoms with Crippen molar-refractivity contribution in [3.05, 3.63) is 84.2 Å². The Balaban J connectivity index is 1.18. The first-order valence-electron chi connectivity index (χ1n) is 11.0. The predicted molar refractivity (Wildman–Crippen MR) is 130 cm³/mol. The molecule has 1 aliphatic heterocycles. The average Bonchev–Trinajstić information content (AvgIpc) is 3.14. The van der Waals surface area contributed by atoms with E-state index in [0.717, 1.165) is 43.2 Å². The fourth-order valence-corrected chi connectivity index (χ4v) is 4.30. The first-order chi connectivity index (χ1) is 15.2. The second kappa shape index (κ2) is 8.34. The first kappa shape index (κ1) is 19.5. The smallest absolute Gasteiger partial charge is 0.128 e. The Bertz CT molecular complexity index is 1150. The zero-order chi connectivity index (χ0) is 21.2. The van der Waals surface area contributed by atoms with Gasteiger partial charge < -0.3 is 19.7 Å². The van der Waals surface area contributed by atoms with Crippen LogP contribution >= 0.6 is 0 Å². The Hall–Kier alpha value is -3.47. The normalized spacial score (nSPS) is 14.3. The molecule has 5 heteroatoms. The number of nitrogens with one attached hydrogen (secondary N) is 1. The third-order valence-electron chi connectivity index (χ3n) is 6.24. The largest absolute Gasteiger partial charge is 0.378 e. The van der Waals surface area contributed by atoms with Crippen molar-refractivity contribution in [2.45, 2.75) is 13.5 Å². The van der Waals surface area contributed by atoms with Crippen LogP contribution in [-0.4, -0.2) is 35.7 Å². The van der Waals surface area contributed by atoms with Gasteiger partial charge in [-0.25, -0.2) is 4.98 Å². The molecule has 1 fully saturated rings. The standard InChI is InChI=1S/C26H29N5/c1-20-7-11-22(12-8-20)30-15-17-31(18-16-30)23-13-9-21(10-14-23)27-19-26-28-24-5-3-4-6-25(24)29(26)2/h3-14,27H,15-19H2,1-2H3. The number of para-hydroxylation sites is 2. The number of piperazine rings is 1. The molecule has 3 aromatic carbocycles. The SMILES string of the molecule is Cc1ccc(N2CCN(c3ccc(NCc4nc5ccccc5n4C)cc3)CC2)cc1. The molecule has 5 rings (SSSR count). The third kappa shape index (κ3) is 4.08. The predicted octanol–water partition coefficient (Wildman–Crippen LogP) is 4.82. The van der Waals surface area contributed by atoms with E-state index in [1.165, 1.54) is 22.5 Å². The number of fused-ring (bicyclic) bond motifs is 1. The average molecular weight is 412 g/mol. The van der Waals surface area contributed by atoms with Crippen molar-refractivity contribution in [1.82, 2.24) is 9.55 Å². The van der Waals surface area contributed by atoms with Crippen LogP contribution in [0.5, 0.6) is 0 Å². The van der Waals surface area contributed by atoms with Gasteiger partial charge in [-0.2, -0.15) is 0 Å². The van der Waals surface area contributed by atoms with E-state index < -0.39 is 0 Å². The summed E-state index contributed by atoms with van der Waals surface area (Å²) >= 11 is 0. The van der Waals surface area contributed by atoms with Crippen LogP contribution in [0.15, 0.2) is 72.8 Å². The highest BCUT2D eigenvalue weighted by atomic mass is 15.3. The van der Waals surface area contributed by atoms with Crippen LogP contribution < -0.4 is 15.1 Å². The van der Waals surface area contributed by atoms with E-state index in [0.29, 0.717) is 6.54 Å². The number of anilines is 3. The van der Waals surface area contributed by atoms with Gasteiger partial charge >= 0.3 is 0 Å². The molecule has 0 unspecified atom stereocenters. The zero-order valence-corrected chi connectivity index (χ0v) is 18.3. The van der Waals surface area contributed by atoms with Crippen molar-refractivity contribution in [2.24, 2.45) is 7.05 Å². The van der Waals surface area contributed by atoms with Crippen LogP contribution in [0.4, 0.5) is 17.1 Å². The maximum atomic E-state index is 4.74. The van der Waals surface area contributed by atoms with Crippen LogP contribution in [0, 0.1) is 6.92 Å². The molecule has 158 valence electrons. The van der Waals surface area contributed by atoms with Crippen molar-refractivity contribution in [3.63, 3.8) is 0 Å². The second-order valence-corrected chi connectivity index (χ2v) is 8.29.